The number of hydrogen-bond donors (Lipinski definition) is 3. The van der Waals surface area contributed by atoms with Crippen LogP contribution in [0.3, 0.4) is 0 Å². The van der Waals surface area contributed by atoms with Gasteiger partial charge in [-0.3, -0.25) is 4.98 Å². The molecule has 2 aliphatic rings. The number of pyridine rings is 1. The standard InChI is InChI=1S/C8H11NO3.C6H8N2O8/c1-5-8(12)7(4-11)6(3-10)2-9-5;9-7(10)15-3-1-13-6-4(16-8(11)12)2-14-5(3)6/h2,10-12H,3-4H2,1H3;3-6H,1-2H2/t;3-,4+,5-,6-/m.1/s1. The van der Waals surface area contributed by atoms with Gasteiger partial charge in [0.15, 0.2) is 12.2 Å². The van der Waals surface area contributed by atoms with E-state index >= 15 is 0 Å². The van der Waals surface area contributed by atoms with Gasteiger partial charge in [-0.25, -0.2) is 0 Å². The topological polar surface area (TPSA) is 197 Å². The maximum absolute atomic E-state index is 10.1. The molecule has 3 heterocycles. The molecular weight excluding hydrogens is 386 g/mol. The molecule has 156 valence electrons. The smallest absolute Gasteiger partial charge is 0.294 e. The van der Waals surface area contributed by atoms with Crippen molar-refractivity contribution in [1.29, 1.82) is 0 Å². The SMILES string of the molecule is Cc1ncc(CO)c(CO)c1O.O=[N+]([O-])O[C@H]1CO[C@H]2[C@@H]1OC[C@H]2O[N+](=O)[O-]. The molecule has 0 aromatic carbocycles. The van der Waals surface area contributed by atoms with E-state index in [1.165, 1.54) is 6.20 Å². The Hall–Kier alpha value is -2.81. The highest BCUT2D eigenvalue weighted by Crippen LogP contribution is 2.30. The summed E-state index contributed by atoms with van der Waals surface area (Å²) in [4.78, 5) is 32.8. The van der Waals surface area contributed by atoms with Crippen LogP contribution in [0.5, 0.6) is 5.75 Å². The van der Waals surface area contributed by atoms with E-state index in [2.05, 4.69) is 14.7 Å². The summed E-state index contributed by atoms with van der Waals surface area (Å²) in [5, 5.41) is 45.4. The Kier molecular flexibility index (Phi) is 7.22. The lowest BCUT2D eigenvalue weighted by atomic mass is 10.1. The minimum absolute atomic E-state index is 0.0379. The second-order valence-corrected chi connectivity index (χ2v) is 5.84. The molecule has 0 unspecified atom stereocenters. The van der Waals surface area contributed by atoms with Gasteiger partial charge in [-0.15, -0.1) is 20.2 Å². The molecule has 28 heavy (non-hydrogen) atoms. The van der Waals surface area contributed by atoms with Crippen LogP contribution in [-0.2, 0) is 32.4 Å². The highest BCUT2D eigenvalue weighted by atomic mass is 17.0. The van der Waals surface area contributed by atoms with E-state index in [0.29, 0.717) is 16.8 Å². The average molecular weight is 405 g/mol. The molecule has 1 aromatic heterocycles. The monoisotopic (exact) mass is 405 g/mol. The van der Waals surface area contributed by atoms with Crippen LogP contribution in [0, 0.1) is 27.2 Å². The summed E-state index contributed by atoms with van der Waals surface area (Å²) in [5.41, 5.74) is 1.27. The summed E-state index contributed by atoms with van der Waals surface area (Å²) in [7, 11) is 0. The maximum Gasteiger partial charge on any atom is 0.294 e. The third-order valence-corrected chi connectivity index (χ3v) is 4.16. The molecule has 14 nitrogen and oxygen atoms in total. The van der Waals surface area contributed by atoms with E-state index in [1.54, 1.807) is 6.92 Å². The van der Waals surface area contributed by atoms with Crippen LogP contribution in [0.2, 0.25) is 0 Å². The first kappa shape index (κ1) is 21.5. The molecule has 0 saturated carbocycles. The van der Waals surface area contributed by atoms with Crippen LogP contribution in [0.25, 0.3) is 0 Å². The van der Waals surface area contributed by atoms with Crippen molar-refractivity contribution >= 4 is 0 Å². The second kappa shape index (κ2) is 9.41. The second-order valence-electron chi connectivity index (χ2n) is 5.84. The predicted octanol–water partition coefficient (Wildman–Crippen LogP) is -0.982. The van der Waals surface area contributed by atoms with Gasteiger partial charge in [0.25, 0.3) is 10.2 Å². The molecule has 4 atom stereocenters. The molecule has 3 rings (SSSR count). The zero-order valence-electron chi connectivity index (χ0n) is 14.7. The van der Waals surface area contributed by atoms with Crippen LogP contribution >= 0.6 is 0 Å². The van der Waals surface area contributed by atoms with Gasteiger partial charge in [0, 0.05) is 17.3 Å². The Morgan fingerprint density at radius 1 is 1.11 bits per heavy atom. The van der Waals surface area contributed by atoms with Gasteiger partial charge in [0.05, 0.1) is 32.1 Å². The molecule has 2 aliphatic heterocycles. The van der Waals surface area contributed by atoms with Crippen LogP contribution in [0.1, 0.15) is 16.8 Å². The molecule has 2 saturated heterocycles. The lowest BCUT2D eigenvalue weighted by molar-refractivity contribution is -0.769. The minimum Gasteiger partial charge on any atom is -0.506 e. The maximum atomic E-state index is 10.1. The molecule has 3 N–H and O–H groups in total. The highest BCUT2D eigenvalue weighted by Gasteiger charge is 2.51. The number of ether oxygens (including phenoxy) is 2. The van der Waals surface area contributed by atoms with E-state index in [9.17, 15) is 25.3 Å². The zero-order chi connectivity index (χ0) is 20.8. The molecule has 0 bridgehead atoms. The van der Waals surface area contributed by atoms with E-state index in [0.717, 1.165) is 0 Å². The summed E-state index contributed by atoms with van der Waals surface area (Å²) >= 11 is 0. The normalized spacial score (nSPS) is 25.4. The van der Waals surface area contributed by atoms with Crippen molar-refractivity contribution < 1.29 is 44.6 Å². The number of aryl methyl sites for hydroxylation is 1. The van der Waals surface area contributed by atoms with Crippen LogP contribution in [-0.4, -0.2) is 68.1 Å². The summed E-state index contributed by atoms with van der Waals surface area (Å²) in [6, 6.07) is 0. The van der Waals surface area contributed by atoms with Crippen molar-refractivity contribution in [3.8, 4) is 5.75 Å². The lowest BCUT2D eigenvalue weighted by Crippen LogP contribution is -2.35. The number of aromatic nitrogens is 1. The van der Waals surface area contributed by atoms with Crippen LogP contribution < -0.4 is 0 Å². The fourth-order valence-corrected chi connectivity index (χ4v) is 2.83. The minimum atomic E-state index is -0.943. The van der Waals surface area contributed by atoms with E-state index in [-0.39, 0.29) is 32.2 Å². The molecule has 0 aliphatic carbocycles. The van der Waals surface area contributed by atoms with Gasteiger partial charge in [-0.1, -0.05) is 0 Å². The number of aliphatic hydroxyl groups excluding tert-OH is 2. The Morgan fingerprint density at radius 3 is 2.00 bits per heavy atom. The van der Waals surface area contributed by atoms with Gasteiger partial charge < -0.3 is 34.5 Å². The third-order valence-electron chi connectivity index (χ3n) is 4.16. The Labute approximate surface area is 157 Å². The lowest BCUT2D eigenvalue weighted by Gasteiger charge is -2.13. The number of rotatable bonds is 6. The Balaban J connectivity index is 0.000000209. The summed E-state index contributed by atoms with van der Waals surface area (Å²) in [6.07, 6.45) is -1.67. The number of nitrogens with zero attached hydrogens (tertiary/aromatic N) is 3. The van der Waals surface area contributed by atoms with Crippen LogP contribution in [0.15, 0.2) is 6.20 Å². The van der Waals surface area contributed by atoms with Crippen molar-refractivity contribution in [2.75, 3.05) is 13.2 Å². The summed E-state index contributed by atoms with van der Waals surface area (Å²) in [6.45, 7) is 1.03. The Morgan fingerprint density at radius 2 is 1.61 bits per heavy atom. The fraction of sp³-hybridized carbons (Fsp3) is 0.643. The van der Waals surface area contributed by atoms with Crippen molar-refractivity contribution in [2.24, 2.45) is 0 Å². The highest BCUT2D eigenvalue weighted by molar-refractivity contribution is 5.39. The quantitative estimate of drug-likeness (QED) is 0.387. The van der Waals surface area contributed by atoms with Gasteiger partial charge in [0.2, 0.25) is 0 Å². The van der Waals surface area contributed by atoms with Crippen molar-refractivity contribution in [3.63, 3.8) is 0 Å². The largest absolute Gasteiger partial charge is 0.506 e. The molecule has 0 amide bonds. The van der Waals surface area contributed by atoms with Crippen LogP contribution in [0.4, 0.5) is 0 Å². The summed E-state index contributed by atoms with van der Waals surface area (Å²) < 4.78 is 10.2. The molecule has 0 spiro atoms. The van der Waals surface area contributed by atoms with Gasteiger partial charge in [-0.2, -0.15) is 0 Å². The van der Waals surface area contributed by atoms with Crippen molar-refractivity contribution in [2.45, 2.75) is 44.6 Å². The third kappa shape index (κ3) is 4.92. The first-order valence-electron chi connectivity index (χ1n) is 8.02. The van der Waals surface area contributed by atoms with Gasteiger partial charge >= 0.3 is 0 Å². The van der Waals surface area contributed by atoms with Gasteiger partial charge in [-0.05, 0) is 6.92 Å². The van der Waals surface area contributed by atoms with E-state index in [1.807, 2.05) is 0 Å². The molecular formula is C14H19N3O11. The number of aromatic hydroxyl groups is 1. The number of hydrogen-bond acceptors (Lipinski definition) is 12. The summed E-state index contributed by atoms with van der Waals surface area (Å²) in [5.74, 6) is -0.0379. The fourth-order valence-electron chi connectivity index (χ4n) is 2.83. The average Bonchev–Trinajstić information content (AvgIpc) is 3.21. The Bertz CT molecular complexity index is 686. The molecule has 1 aromatic rings. The number of fused-ring (bicyclic) bond motifs is 1. The molecule has 14 heteroatoms. The first-order valence-corrected chi connectivity index (χ1v) is 8.02. The number of aliphatic hydroxyl groups is 2. The van der Waals surface area contributed by atoms with E-state index < -0.39 is 34.6 Å². The molecule has 2 fully saturated rings. The van der Waals surface area contributed by atoms with Crippen molar-refractivity contribution in [3.05, 3.63) is 43.2 Å². The predicted molar refractivity (Wildman–Crippen MR) is 85.7 cm³/mol. The zero-order valence-corrected chi connectivity index (χ0v) is 14.7. The van der Waals surface area contributed by atoms with E-state index in [4.69, 9.17) is 19.7 Å². The molecule has 0 radical (unpaired) electrons. The first-order chi connectivity index (χ1) is 13.3. The van der Waals surface area contributed by atoms with Crippen molar-refractivity contribution in [1.82, 2.24) is 4.98 Å². The van der Waals surface area contributed by atoms with Gasteiger partial charge in [0.1, 0.15) is 18.0 Å².